The number of nitro groups is 1. The lowest BCUT2D eigenvalue weighted by Gasteiger charge is -2.16. The van der Waals surface area contributed by atoms with Crippen molar-refractivity contribution in [3.63, 3.8) is 0 Å². The van der Waals surface area contributed by atoms with Gasteiger partial charge < -0.3 is 9.47 Å². The van der Waals surface area contributed by atoms with Gasteiger partial charge in [0.2, 0.25) is 16.0 Å². The van der Waals surface area contributed by atoms with Gasteiger partial charge >= 0.3 is 0 Å². The molecule has 10 nitrogen and oxygen atoms in total. The molecular formula is C18H17FN4O6S. The fourth-order valence-corrected chi connectivity index (χ4v) is 3.77. The summed E-state index contributed by atoms with van der Waals surface area (Å²) in [4.78, 5) is 10.1. The number of nitro benzene ring substituents is 1. The number of halogens is 1. The van der Waals surface area contributed by atoms with E-state index in [1.807, 2.05) is 0 Å². The average Bonchev–Trinajstić information content (AvgIpc) is 3.12. The molecule has 1 heterocycles. The zero-order valence-corrected chi connectivity index (χ0v) is 16.7. The molecule has 2 N–H and O–H groups in total. The number of non-ortho nitro benzene ring substituents is 1. The highest BCUT2D eigenvalue weighted by molar-refractivity contribution is 7.89. The van der Waals surface area contributed by atoms with Crippen LogP contribution in [0.2, 0.25) is 0 Å². The number of methoxy groups -OCH3 is 2. The first-order valence-corrected chi connectivity index (χ1v) is 9.95. The lowest BCUT2D eigenvalue weighted by Crippen LogP contribution is -2.18. The van der Waals surface area contributed by atoms with Crippen LogP contribution in [-0.2, 0) is 16.4 Å². The number of hydrogen-bond donors (Lipinski definition) is 1. The minimum atomic E-state index is -4.41. The van der Waals surface area contributed by atoms with E-state index in [4.69, 9.17) is 14.6 Å². The van der Waals surface area contributed by atoms with E-state index in [9.17, 15) is 22.9 Å². The van der Waals surface area contributed by atoms with E-state index in [2.05, 4.69) is 5.10 Å². The third-order valence-corrected chi connectivity index (χ3v) is 5.24. The van der Waals surface area contributed by atoms with Crippen molar-refractivity contribution in [3.8, 4) is 17.2 Å². The third kappa shape index (κ3) is 4.23. The summed E-state index contributed by atoms with van der Waals surface area (Å²) < 4.78 is 49.4. The Balaban J connectivity index is 2.29. The Hall–Kier alpha value is -3.51. The molecule has 30 heavy (non-hydrogen) atoms. The number of primary sulfonamides is 1. The van der Waals surface area contributed by atoms with Crippen molar-refractivity contribution in [3.05, 3.63) is 69.8 Å². The van der Waals surface area contributed by atoms with Crippen LogP contribution in [0.5, 0.6) is 11.5 Å². The summed E-state index contributed by atoms with van der Waals surface area (Å²) in [5, 5.41) is 20.3. The molecule has 0 aliphatic rings. The van der Waals surface area contributed by atoms with Crippen LogP contribution in [0.4, 0.5) is 10.1 Å². The molecule has 0 spiro atoms. The maximum absolute atomic E-state index is 13.6. The van der Waals surface area contributed by atoms with Gasteiger partial charge in [0, 0.05) is 36.9 Å². The second-order valence-electron chi connectivity index (χ2n) is 6.19. The topological polar surface area (TPSA) is 140 Å². The van der Waals surface area contributed by atoms with E-state index < -0.39 is 31.5 Å². The molecule has 0 radical (unpaired) electrons. The van der Waals surface area contributed by atoms with E-state index in [0.29, 0.717) is 17.1 Å². The van der Waals surface area contributed by atoms with Crippen LogP contribution in [0.1, 0.15) is 11.1 Å². The van der Waals surface area contributed by atoms with Gasteiger partial charge in [-0.05, 0) is 17.2 Å². The number of ether oxygens (including phenoxy) is 2. The molecule has 0 atom stereocenters. The van der Waals surface area contributed by atoms with Gasteiger partial charge in [-0.15, -0.1) is 5.10 Å². The predicted molar refractivity (Wildman–Crippen MR) is 104 cm³/mol. The Morgan fingerprint density at radius 1 is 1.17 bits per heavy atom. The second-order valence-corrected chi connectivity index (χ2v) is 7.72. The number of aromatic nitrogens is 2. The van der Waals surface area contributed by atoms with Gasteiger partial charge in [0.05, 0.1) is 24.8 Å². The van der Waals surface area contributed by atoms with Gasteiger partial charge in [-0.3, -0.25) is 10.1 Å². The van der Waals surface area contributed by atoms with Crippen molar-refractivity contribution in [2.75, 3.05) is 14.2 Å². The molecule has 2 aromatic carbocycles. The number of nitrogens with two attached hydrogens (primary N) is 1. The van der Waals surface area contributed by atoms with Gasteiger partial charge in [0.1, 0.15) is 16.4 Å². The summed E-state index contributed by atoms with van der Waals surface area (Å²) in [5.74, 6) is 0.0755. The highest BCUT2D eigenvalue weighted by Gasteiger charge is 2.26. The van der Waals surface area contributed by atoms with Gasteiger partial charge in [-0.25, -0.2) is 18.2 Å². The van der Waals surface area contributed by atoms with Crippen molar-refractivity contribution in [1.82, 2.24) is 9.78 Å². The SMILES string of the molecule is COc1ccc(Cc2cc([N+](=O)[O-])cc(S(N)(=O)=O)c2-n2ccc(F)n2)c(OC)c1. The van der Waals surface area contributed by atoms with Crippen molar-refractivity contribution in [2.45, 2.75) is 11.3 Å². The van der Waals surface area contributed by atoms with Crippen LogP contribution in [0.15, 0.2) is 47.5 Å². The molecular weight excluding hydrogens is 419 g/mol. The molecule has 158 valence electrons. The van der Waals surface area contributed by atoms with E-state index in [0.717, 1.165) is 16.8 Å². The molecule has 0 aliphatic carbocycles. The van der Waals surface area contributed by atoms with E-state index in [1.54, 1.807) is 18.2 Å². The van der Waals surface area contributed by atoms with Gasteiger partial charge in [-0.2, -0.15) is 4.39 Å². The minimum absolute atomic E-state index is 0.00812. The Bertz CT molecular complexity index is 1230. The summed E-state index contributed by atoms with van der Waals surface area (Å²) in [5.41, 5.74) is 0.176. The molecule has 0 unspecified atom stereocenters. The molecule has 0 fully saturated rings. The van der Waals surface area contributed by atoms with Gasteiger partial charge in [0.15, 0.2) is 0 Å². The Morgan fingerprint density at radius 2 is 1.90 bits per heavy atom. The summed E-state index contributed by atoms with van der Waals surface area (Å²) in [6, 6.07) is 7.96. The standard InChI is InChI=1S/C18H17FN4O6S/c1-28-14-4-3-11(15(10-14)29-2)7-12-8-13(23(24)25)9-16(30(20,26)27)18(12)22-6-5-17(19)21-22/h3-6,8-10H,7H2,1-2H3,(H2,20,26,27). The number of nitrogens with zero attached hydrogens (tertiary/aromatic N) is 3. The Kier molecular flexibility index (Phi) is 5.71. The monoisotopic (exact) mass is 436 g/mol. The number of benzene rings is 2. The van der Waals surface area contributed by atoms with E-state index in [1.165, 1.54) is 26.5 Å². The Morgan fingerprint density at radius 3 is 2.43 bits per heavy atom. The van der Waals surface area contributed by atoms with Crippen molar-refractivity contribution < 1.29 is 27.2 Å². The van der Waals surface area contributed by atoms with Crippen LogP contribution in [0.25, 0.3) is 5.69 Å². The van der Waals surface area contributed by atoms with Crippen LogP contribution in [0.3, 0.4) is 0 Å². The number of hydrogen-bond acceptors (Lipinski definition) is 7. The second kappa shape index (κ2) is 8.08. The average molecular weight is 436 g/mol. The lowest BCUT2D eigenvalue weighted by molar-refractivity contribution is -0.385. The first-order chi connectivity index (χ1) is 14.1. The van der Waals surface area contributed by atoms with Crippen LogP contribution in [0, 0.1) is 16.1 Å². The van der Waals surface area contributed by atoms with E-state index in [-0.39, 0.29) is 17.7 Å². The van der Waals surface area contributed by atoms with Gasteiger partial charge in [-0.1, -0.05) is 6.07 Å². The highest BCUT2D eigenvalue weighted by Crippen LogP contribution is 2.33. The third-order valence-electron chi connectivity index (χ3n) is 4.32. The quantitative estimate of drug-likeness (QED) is 0.442. The normalized spacial score (nSPS) is 11.3. The smallest absolute Gasteiger partial charge is 0.271 e. The molecule has 3 rings (SSSR count). The Labute approximate surface area is 170 Å². The van der Waals surface area contributed by atoms with Crippen molar-refractivity contribution in [2.24, 2.45) is 5.14 Å². The van der Waals surface area contributed by atoms with Crippen molar-refractivity contribution in [1.29, 1.82) is 0 Å². The maximum Gasteiger partial charge on any atom is 0.271 e. The molecule has 3 aromatic rings. The maximum atomic E-state index is 13.6. The molecule has 0 amide bonds. The fourth-order valence-electron chi connectivity index (χ4n) is 3.00. The molecule has 0 saturated heterocycles. The molecule has 1 aromatic heterocycles. The number of rotatable bonds is 7. The molecule has 0 saturated carbocycles. The molecule has 0 aliphatic heterocycles. The zero-order valence-electron chi connectivity index (χ0n) is 15.9. The molecule has 12 heteroatoms. The van der Waals surface area contributed by atoms with Crippen LogP contribution in [-0.4, -0.2) is 37.3 Å². The minimum Gasteiger partial charge on any atom is -0.497 e. The highest BCUT2D eigenvalue weighted by atomic mass is 32.2. The predicted octanol–water partition coefficient (Wildman–Crippen LogP) is 2.17. The fraction of sp³-hybridized carbons (Fsp3) is 0.167. The van der Waals surface area contributed by atoms with Crippen LogP contribution < -0.4 is 14.6 Å². The lowest BCUT2D eigenvalue weighted by atomic mass is 10.0. The first-order valence-electron chi connectivity index (χ1n) is 8.40. The zero-order chi connectivity index (χ0) is 22.1. The van der Waals surface area contributed by atoms with Crippen molar-refractivity contribution >= 4 is 15.7 Å². The first kappa shape index (κ1) is 21.2. The van der Waals surface area contributed by atoms with Gasteiger partial charge in [0.25, 0.3) is 5.69 Å². The molecule has 0 bridgehead atoms. The summed E-state index contributed by atoms with van der Waals surface area (Å²) >= 11 is 0. The largest absolute Gasteiger partial charge is 0.497 e. The summed E-state index contributed by atoms with van der Waals surface area (Å²) in [6.45, 7) is 0. The summed E-state index contributed by atoms with van der Waals surface area (Å²) in [6.07, 6.45) is 1.20. The summed E-state index contributed by atoms with van der Waals surface area (Å²) in [7, 11) is -1.49. The number of sulfonamides is 1. The van der Waals surface area contributed by atoms with E-state index >= 15 is 0 Å². The van der Waals surface area contributed by atoms with Crippen LogP contribution >= 0.6 is 0 Å².